The number of ketones is 1. The highest BCUT2D eigenvalue weighted by atomic mass is 35.5. The number of Topliss-reactive ketones (excluding diaryl/α,β-unsaturated/α-hetero) is 1. The highest BCUT2D eigenvalue weighted by Gasteiger charge is 2.39. The summed E-state index contributed by atoms with van der Waals surface area (Å²) in [4.78, 5) is 26.0. The van der Waals surface area contributed by atoms with Crippen molar-refractivity contribution in [3.8, 4) is 11.1 Å². The Hall–Kier alpha value is -2.35. The Morgan fingerprint density at radius 1 is 1.28 bits per heavy atom. The molecule has 9 heteroatoms. The zero-order valence-electron chi connectivity index (χ0n) is 17.6. The Balaban J connectivity index is 1.68. The van der Waals surface area contributed by atoms with Crippen molar-refractivity contribution in [2.75, 3.05) is 13.2 Å². The normalized spacial score (nSPS) is 21.0. The molecule has 0 radical (unpaired) electrons. The average molecular weight is 476 g/mol. The van der Waals surface area contributed by atoms with Crippen LogP contribution in [0.5, 0.6) is 0 Å². The molecule has 7 nitrogen and oxygen atoms in total. The van der Waals surface area contributed by atoms with Crippen molar-refractivity contribution in [3.05, 3.63) is 40.3 Å². The van der Waals surface area contributed by atoms with Crippen molar-refractivity contribution in [2.45, 2.75) is 45.4 Å². The molecule has 0 aliphatic carbocycles. The van der Waals surface area contributed by atoms with Crippen LogP contribution in [-0.2, 0) is 20.8 Å². The number of carbonyl (C=O) groups excluding carboxylic acids is 2. The van der Waals surface area contributed by atoms with Gasteiger partial charge < -0.3 is 14.0 Å². The molecule has 2 aliphatic rings. The largest absolute Gasteiger partial charge is 0.465 e. The van der Waals surface area contributed by atoms with Crippen LogP contribution in [0.15, 0.2) is 24.5 Å². The molecule has 168 valence electrons. The number of benzene rings is 1. The first-order chi connectivity index (χ1) is 15.5. The summed E-state index contributed by atoms with van der Waals surface area (Å²) in [5.41, 5.74) is 2.62. The number of ether oxygens (including phenoxy) is 2. The molecule has 1 fully saturated rings. The Bertz CT molecular complexity index is 1210. The van der Waals surface area contributed by atoms with Crippen LogP contribution in [-0.4, -0.2) is 39.3 Å². The third-order valence-electron chi connectivity index (χ3n) is 6.22. The SMILES string of the molecule is CCOC(=O)C1CCn2c(c(-c3cnn(C4CCCCO4)c3)c3ccc(Cl)c(Cl)c32)C1=O. The number of nitrogens with zero attached hydrogens (tertiary/aromatic N) is 3. The lowest BCUT2D eigenvalue weighted by Crippen LogP contribution is -2.33. The fourth-order valence-corrected chi connectivity index (χ4v) is 5.15. The number of hydrogen-bond acceptors (Lipinski definition) is 5. The number of aryl methyl sites for hydroxylation is 1. The third-order valence-corrected chi connectivity index (χ3v) is 7.01. The highest BCUT2D eigenvalue weighted by molar-refractivity contribution is 6.45. The van der Waals surface area contributed by atoms with Gasteiger partial charge in [0.15, 0.2) is 5.78 Å². The van der Waals surface area contributed by atoms with Crippen LogP contribution >= 0.6 is 23.2 Å². The average Bonchev–Trinajstić information content (AvgIpc) is 3.40. The standard InChI is InChI=1S/C23H23Cl2N3O4/c1-2-31-23(30)15-8-9-27-20-14(6-7-16(24)19(20)25)18(21(27)22(15)29)13-11-26-28(12-13)17-5-3-4-10-32-17/h6-7,11-12,15,17H,2-5,8-10H2,1H3. The minimum Gasteiger partial charge on any atom is -0.465 e. The maximum atomic E-state index is 13.6. The Morgan fingerprint density at radius 2 is 2.12 bits per heavy atom. The van der Waals surface area contributed by atoms with Crippen molar-refractivity contribution in [3.63, 3.8) is 0 Å². The summed E-state index contributed by atoms with van der Waals surface area (Å²) in [6.45, 7) is 3.13. The van der Waals surface area contributed by atoms with Crippen LogP contribution in [0.25, 0.3) is 22.0 Å². The van der Waals surface area contributed by atoms with E-state index in [0.717, 1.165) is 30.2 Å². The van der Waals surface area contributed by atoms with E-state index in [9.17, 15) is 9.59 Å². The number of carbonyl (C=O) groups is 2. The fraction of sp³-hybridized carbons (Fsp3) is 0.435. The van der Waals surface area contributed by atoms with Crippen molar-refractivity contribution in [1.29, 1.82) is 0 Å². The molecule has 0 saturated carbocycles. The molecule has 4 heterocycles. The van der Waals surface area contributed by atoms with Crippen molar-refractivity contribution in [2.24, 2.45) is 5.92 Å². The Morgan fingerprint density at radius 3 is 2.88 bits per heavy atom. The van der Waals surface area contributed by atoms with Crippen LogP contribution < -0.4 is 0 Å². The molecule has 2 unspecified atom stereocenters. The van der Waals surface area contributed by atoms with E-state index < -0.39 is 11.9 Å². The van der Waals surface area contributed by atoms with Gasteiger partial charge in [0.1, 0.15) is 12.1 Å². The molecule has 0 amide bonds. The van der Waals surface area contributed by atoms with Gasteiger partial charge in [0.25, 0.3) is 0 Å². The number of hydrogen-bond donors (Lipinski definition) is 0. The second kappa shape index (κ2) is 8.54. The minimum atomic E-state index is -0.837. The second-order valence-electron chi connectivity index (χ2n) is 8.12. The van der Waals surface area contributed by atoms with Crippen molar-refractivity contribution < 1.29 is 19.1 Å². The third kappa shape index (κ3) is 3.43. The van der Waals surface area contributed by atoms with Gasteiger partial charge in [-0.3, -0.25) is 9.59 Å². The van der Waals surface area contributed by atoms with E-state index in [-0.39, 0.29) is 18.6 Å². The minimum absolute atomic E-state index is 0.122. The molecular weight excluding hydrogens is 453 g/mol. The summed E-state index contributed by atoms with van der Waals surface area (Å²) in [5, 5.41) is 6.13. The molecular formula is C23H23Cl2N3O4. The number of aromatic nitrogens is 3. The summed E-state index contributed by atoms with van der Waals surface area (Å²) in [6, 6.07) is 3.59. The molecule has 1 aromatic carbocycles. The molecule has 32 heavy (non-hydrogen) atoms. The molecule has 2 aliphatic heterocycles. The van der Waals surface area contributed by atoms with Gasteiger partial charge in [0.2, 0.25) is 0 Å². The van der Waals surface area contributed by atoms with Gasteiger partial charge in [-0.2, -0.15) is 5.10 Å². The first kappa shape index (κ1) is 21.5. The van der Waals surface area contributed by atoms with Crippen LogP contribution in [0.1, 0.15) is 49.3 Å². The van der Waals surface area contributed by atoms with Crippen LogP contribution in [0, 0.1) is 5.92 Å². The number of halogens is 2. The van der Waals surface area contributed by atoms with Gasteiger partial charge in [-0.15, -0.1) is 0 Å². The summed E-state index contributed by atoms with van der Waals surface area (Å²) in [6.07, 6.45) is 6.88. The van der Waals surface area contributed by atoms with E-state index in [0.29, 0.717) is 46.4 Å². The van der Waals surface area contributed by atoms with Crippen LogP contribution in [0.2, 0.25) is 10.0 Å². The molecule has 1 saturated heterocycles. The monoisotopic (exact) mass is 475 g/mol. The first-order valence-corrected chi connectivity index (χ1v) is 11.6. The molecule has 3 aromatic rings. The molecule has 0 bridgehead atoms. The van der Waals surface area contributed by atoms with Gasteiger partial charge in [0, 0.05) is 35.9 Å². The quantitative estimate of drug-likeness (QED) is 0.379. The number of esters is 1. The zero-order chi connectivity index (χ0) is 22.4. The summed E-state index contributed by atoms with van der Waals surface area (Å²) < 4.78 is 14.7. The predicted molar refractivity (Wildman–Crippen MR) is 121 cm³/mol. The molecule has 0 spiro atoms. The summed E-state index contributed by atoms with van der Waals surface area (Å²) in [5.74, 6) is -1.60. The van der Waals surface area contributed by atoms with E-state index in [1.165, 1.54) is 0 Å². The molecule has 0 N–H and O–H groups in total. The summed E-state index contributed by atoms with van der Waals surface area (Å²) >= 11 is 12.9. The van der Waals surface area contributed by atoms with Gasteiger partial charge in [-0.25, -0.2) is 4.68 Å². The lowest BCUT2D eigenvalue weighted by atomic mass is 9.91. The predicted octanol–water partition coefficient (Wildman–Crippen LogP) is 5.28. The van der Waals surface area contributed by atoms with E-state index >= 15 is 0 Å². The summed E-state index contributed by atoms with van der Waals surface area (Å²) in [7, 11) is 0. The van der Waals surface area contributed by atoms with Crippen molar-refractivity contribution in [1.82, 2.24) is 14.3 Å². The van der Waals surface area contributed by atoms with E-state index in [1.54, 1.807) is 23.9 Å². The van der Waals surface area contributed by atoms with Gasteiger partial charge in [-0.05, 0) is 38.7 Å². The fourth-order valence-electron chi connectivity index (χ4n) is 4.73. The van der Waals surface area contributed by atoms with E-state index in [2.05, 4.69) is 5.10 Å². The number of rotatable bonds is 4. The molecule has 5 rings (SSSR count). The zero-order valence-corrected chi connectivity index (χ0v) is 19.2. The van der Waals surface area contributed by atoms with Gasteiger partial charge >= 0.3 is 5.97 Å². The molecule has 2 atom stereocenters. The highest BCUT2D eigenvalue weighted by Crippen LogP contribution is 2.43. The van der Waals surface area contributed by atoms with Crippen LogP contribution in [0.3, 0.4) is 0 Å². The van der Waals surface area contributed by atoms with E-state index in [1.807, 2.05) is 16.8 Å². The van der Waals surface area contributed by atoms with Gasteiger partial charge in [-0.1, -0.05) is 29.3 Å². The van der Waals surface area contributed by atoms with Gasteiger partial charge in [0.05, 0.1) is 34.1 Å². The molecule has 2 aromatic heterocycles. The maximum absolute atomic E-state index is 13.6. The first-order valence-electron chi connectivity index (χ1n) is 10.9. The van der Waals surface area contributed by atoms with E-state index in [4.69, 9.17) is 32.7 Å². The Kier molecular flexibility index (Phi) is 5.73. The topological polar surface area (TPSA) is 75.3 Å². The van der Waals surface area contributed by atoms with Crippen molar-refractivity contribution >= 4 is 45.9 Å². The van der Waals surface area contributed by atoms with Crippen LogP contribution in [0.4, 0.5) is 0 Å². The lowest BCUT2D eigenvalue weighted by molar-refractivity contribution is -0.146. The smallest absolute Gasteiger partial charge is 0.316 e. The lowest BCUT2D eigenvalue weighted by Gasteiger charge is -2.23. The maximum Gasteiger partial charge on any atom is 0.316 e. The Labute approximate surface area is 195 Å². The number of fused-ring (bicyclic) bond motifs is 3. The second-order valence-corrected chi connectivity index (χ2v) is 8.91.